The first kappa shape index (κ1) is 13.6. The van der Waals surface area contributed by atoms with Gasteiger partial charge >= 0.3 is 0 Å². The number of benzene rings is 1. The zero-order valence-electron chi connectivity index (χ0n) is 12.4. The maximum Gasteiger partial charge on any atom is 0.169 e. The summed E-state index contributed by atoms with van der Waals surface area (Å²) < 4.78 is 7.66. The second-order valence-corrected chi connectivity index (χ2v) is 6.56. The summed E-state index contributed by atoms with van der Waals surface area (Å²) in [4.78, 5) is 4.64. The van der Waals surface area contributed by atoms with E-state index in [1.54, 1.807) is 11.8 Å². The van der Waals surface area contributed by atoms with Crippen LogP contribution in [0.5, 0.6) is 0 Å². The number of rotatable bonds is 5. The first-order valence-corrected chi connectivity index (χ1v) is 8.47. The first-order chi connectivity index (χ1) is 10.8. The predicted molar refractivity (Wildman–Crippen MR) is 86.7 cm³/mol. The molecule has 0 saturated heterocycles. The van der Waals surface area contributed by atoms with Crippen LogP contribution in [0.1, 0.15) is 30.3 Å². The molecule has 0 radical (unpaired) electrons. The fourth-order valence-corrected chi connectivity index (χ4v) is 3.50. The quantitative estimate of drug-likeness (QED) is 0.652. The summed E-state index contributed by atoms with van der Waals surface area (Å²) in [6.45, 7) is 1.94. The second-order valence-electron chi connectivity index (χ2n) is 5.62. The van der Waals surface area contributed by atoms with Crippen molar-refractivity contribution < 1.29 is 4.52 Å². The molecule has 4 rings (SSSR count). The maximum absolute atomic E-state index is 5.29. The van der Waals surface area contributed by atoms with Gasteiger partial charge in [0, 0.05) is 12.1 Å². The average Bonchev–Trinajstić information content (AvgIpc) is 3.16. The van der Waals surface area contributed by atoms with Crippen LogP contribution < -0.4 is 0 Å². The van der Waals surface area contributed by atoms with Gasteiger partial charge < -0.3 is 9.09 Å². The van der Waals surface area contributed by atoms with Crippen LogP contribution in [0.4, 0.5) is 0 Å². The van der Waals surface area contributed by atoms with Crippen molar-refractivity contribution in [1.29, 1.82) is 0 Å². The fourth-order valence-electron chi connectivity index (χ4n) is 2.58. The minimum absolute atomic E-state index is 0.594. The van der Waals surface area contributed by atoms with Crippen LogP contribution in [-0.2, 0) is 5.75 Å². The summed E-state index contributed by atoms with van der Waals surface area (Å²) in [7, 11) is 0. The summed E-state index contributed by atoms with van der Waals surface area (Å²) in [5.41, 5.74) is 3.36. The number of hydrogen-bond donors (Lipinski definition) is 0. The number of nitrogens with zero attached hydrogens (tertiary/aromatic N) is 3. The third-order valence-electron chi connectivity index (χ3n) is 3.76. The molecule has 0 spiro atoms. The highest BCUT2D eigenvalue weighted by Gasteiger charge is 2.29. The third-order valence-corrected chi connectivity index (χ3v) is 4.75. The SMILES string of the molecule is Cc1cc(CSc2ncc(-c3ccccc3)n2C2CC2)on1. The Labute approximate surface area is 133 Å². The van der Waals surface area contributed by atoms with Gasteiger partial charge in [0.15, 0.2) is 5.16 Å². The van der Waals surface area contributed by atoms with E-state index in [0.717, 1.165) is 22.4 Å². The van der Waals surface area contributed by atoms with Crippen LogP contribution in [0.25, 0.3) is 11.3 Å². The minimum atomic E-state index is 0.594. The molecule has 0 bridgehead atoms. The molecule has 0 aliphatic heterocycles. The topological polar surface area (TPSA) is 43.9 Å². The molecule has 1 aliphatic rings. The molecule has 0 unspecified atom stereocenters. The molecule has 112 valence electrons. The normalized spacial score (nSPS) is 14.4. The van der Waals surface area contributed by atoms with Crippen LogP contribution in [0.15, 0.2) is 52.3 Å². The Balaban J connectivity index is 1.61. The number of hydrogen-bond acceptors (Lipinski definition) is 4. The number of aromatic nitrogens is 3. The van der Waals surface area contributed by atoms with E-state index in [1.165, 1.54) is 24.1 Å². The lowest BCUT2D eigenvalue weighted by molar-refractivity contribution is 0.391. The van der Waals surface area contributed by atoms with Crippen LogP contribution in [-0.4, -0.2) is 14.7 Å². The summed E-state index contributed by atoms with van der Waals surface area (Å²) in [6.07, 6.45) is 4.47. The second kappa shape index (κ2) is 5.65. The Morgan fingerprint density at radius 1 is 1.27 bits per heavy atom. The van der Waals surface area contributed by atoms with Crippen molar-refractivity contribution in [1.82, 2.24) is 14.7 Å². The molecule has 2 heterocycles. The molecular formula is C17H17N3OS. The predicted octanol–water partition coefficient (Wildman–Crippen LogP) is 4.47. The van der Waals surface area contributed by atoms with Gasteiger partial charge in [-0.3, -0.25) is 0 Å². The summed E-state index contributed by atoms with van der Waals surface area (Å²) in [5, 5.41) is 5.00. The van der Waals surface area contributed by atoms with E-state index < -0.39 is 0 Å². The van der Waals surface area contributed by atoms with E-state index in [9.17, 15) is 0 Å². The molecule has 1 fully saturated rings. The van der Waals surface area contributed by atoms with E-state index in [1.807, 2.05) is 25.3 Å². The van der Waals surface area contributed by atoms with Crippen molar-refractivity contribution in [3.8, 4) is 11.3 Å². The van der Waals surface area contributed by atoms with Crippen molar-refractivity contribution in [2.75, 3.05) is 0 Å². The van der Waals surface area contributed by atoms with Crippen LogP contribution in [0.2, 0.25) is 0 Å². The lowest BCUT2D eigenvalue weighted by atomic mass is 10.2. The molecule has 4 nitrogen and oxygen atoms in total. The third kappa shape index (κ3) is 2.68. The highest BCUT2D eigenvalue weighted by atomic mass is 32.2. The number of imidazole rings is 1. The van der Waals surface area contributed by atoms with Gasteiger partial charge in [0.1, 0.15) is 5.76 Å². The van der Waals surface area contributed by atoms with Crippen LogP contribution in [0, 0.1) is 6.92 Å². The molecule has 1 saturated carbocycles. The van der Waals surface area contributed by atoms with Gasteiger partial charge in [0.2, 0.25) is 0 Å². The Kier molecular flexibility index (Phi) is 3.50. The van der Waals surface area contributed by atoms with Gasteiger partial charge in [0.05, 0.1) is 23.3 Å². The highest BCUT2D eigenvalue weighted by molar-refractivity contribution is 7.98. The van der Waals surface area contributed by atoms with Crippen LogP contribution >= 0.6 is 11.8 Å². The summed E-state index contributed by atoms with van der Waals surface area (Å²) in [6, 6.07) is 13.1. The Morgan fingerprint density at radius 2 is 2.09 bits per heavy atom. The Bertz CT molecular complexity index is 774. The molecule has 0 atom stereocenters. The zero-order valence-corrected chi connectivity index (χ0v) is 13.2. The fraction of sp³-hybridized carbons (Fsp3) is 0.294. The smallest absolute Gasteiger partial charge is 0.169 e. The molecule has 0 amide bonds. The van der Waals surface area contributed by atoms with Gasteiger partial charge in [-0.05, 0) is 25.3 Å². The molecular weight excluding hydrogens is 294 g/mol. The monoisotopic (exact) mass is 311 g/mol. The summed E-state index contributed by atoms with van der Waals surface area (Å²) >= 11 is 1.72. The molecule has 0 N–H and O–H groups in total. The Hall–Kier alpha value is -2.01. The van der Waals surface area contributed by atoms with Gasteiger partial charge in [-0.25, -0.2) is 4.98 Å². The molecule has 3 aromatic rings. The van der Waals surface area contributed by atoms with Gasteiger partial charge in [-0.2, -0.15) is 0 Å². The molecule has 22 heavy (non-hydrogen) atoms. The largest absolute Gasteiger partial charge is 0.360 e. The lowest BCUT2D eigenvalue weighted by Gasteiger charge is -2.10. The lowest BCUT2D eigenvalue weighted by Crippen LogP contribution is -1.99. The van der Waals surface area contributed by atoms with E-state index in [2.05, 4.69) is 39.0 Å². The number of thioether (sulfide) groups is 1. The van der Waals surface area contributed by atoms with Crippen molar-refractivity contribution in [3.05, 3.63) is 54.0 Å². The standard InChI is InChI=1S/C17H17N3OS/c1-12-9-15(21-19-12)11-22-17-18-10-16(20(17)14-7-8-14)13-5-3-2-4-6-13/h2-6,9-10,14H,7-8,11H2,1H3. The van der Waals surface area contributed by atoms with Gasteiger partial charge in [0.25, 0.3) is 0 Å². The first-order valence-electron chi connectivity index (χ1n) is 7.49. The van der Waals surface area contributed by atoms with Crippen LogP contribution in [0.3, 0.4) is 0 Å². The Morgan fingerprint density at radius 3 is 2.77 bits per heavy atom. The van der Waals surface area contributed by atoms with Crippen molar-refractivity contribution >= 4 is 11.8 Å². The van der Waals surface area contributed by atoms with Crippen molar-refractivity contribution in [2.24, 2.45) is 0 Å². The van der Waals surface area contributed by atoms with E-state index in [0.29, 0.717) is 6.04 Å². The van der Waals surface area contributed by atoms with Gasteiger partial charge in [-0.15, -0.1) is 0 Å². The van der Waals surface area contributed by atoms with Crippen molar-refractivity contribution in [3.63, 3.8) is 0 Å². The molecule has 2 aromatic heterocycles. The van der Waals surface area contributed by atoms with Crippen molar-refractivity contribution in [2.45, 2.75) is 36.7 Å². The molecule has 1 aliphatic carbocycles. The highest BCUT2D eigenvalue weighted by Crippen LogP contribution is 2.42. The number of aryl methyl sites for hydroxylation is 1. The maximum atomic E-state index is 5.29. The van der Waals surface area contributed by atoms with E-state index in [4.69, 9.17) is 4.52 Å². The molecule has 5 heteroatoms. The summed E-state index contributed by atoms with van der Waals surface area (Å²) in [5.74, 6) is 1.66. The zero-order chi connectivity index (χ0) is 14.9. The minimum Gasteiger partial charge on any atom is -0.360 e. The van der Waals surface area contributed by atoms with E-state index >= 15 is 0 Å². The van der Waals surface area contributed by atoms with Gasteiger partial charge in [-0.1, -0.05) is 47.3 Å². The van der Waals surface area contributed by atoms with E-state index in [-0.39, 0.29) is 0 Å². The average molecular weight is 311 g/mol. The molecule has 1 aromatic carbocycles.